The number of rotatable bonds is 5. The summed E-state index contributed by atoms with van der Waals surface area (Å²) in [6.45, 7) is 0. The third-order valence-corrected chi connectivity index (χ3v) is 5.57. The normalized spacial score (nSPS) is 12.6. The molecule has 2 heterocycles. The molecule has 32 heavy (non-hydrogen) atoms. The Morgan fingerprint density at radius 2 is 1.91 bits per heavy atom. The highest BCUT2D eigenvalue weighted by Gasteiger charge is 2.20. The van der Waals surface area contributed by atoms with Crippen LogP contribution in [0, 0.1) is 0 Å². The molecule has 1 amide bonds. The fourth-order valence-electron chi connectivity index (χ4n) is 3.86. The number of fused-ring (bicyclic) bond motifs is 2. The fourth-order valence-corrected chi connectivity index (χ4v) is 3.86. The molecule has 0 aliphatic heterocycles. The van der Waals surface area contributed by atoms with Crippen molar-refractivity contribution >= 4 is 34.4 Å². The molecular formula is C24H21N5O3. The second kappa shape index (κ2) is 7.81. The Morgan fingerprint density at radius 1 is 1.06 bits per heavy atom. The zero-order valence-corrected chi connectivity index (χ0v) is 17.7. The summed E-state index contributed by atoms with van der Waals surface area (Å²) in [7, 11) is 3.48. The van der Waals surface area contributed by atoms with Crippen molar-refractivity contribution in [3.05, 3.63) is 71.5 Å². The van der Waals surface area contributed by atoms with E-state index in [1.54, 1.807) is 19.2 Å². The molecule has 2 aromatic heterocycles. The molecule has 8 heteroatoms. The number of carbonyl (C=O) groups is 2. The summed E-state index contributed by atoms with van der Waals surface area (Å²) in [6, 6.07) is 14.8. The van der Waals surface area contributed by atoms with Gasteiger partial charge in [0.1, 0.15) is 17.2 Å². The molecule has 0 spiro atoms. The maximum absolute atomic E-state index is 12.1. The van der Waals surface area contributed by atoms with Gasteiger partial charge in [-0.2, -0.15) is 0 Å². The van der Waals surface area contributed by atoms with E-state index in [9.17, 15) is 9.59 Å². The molecule has 0 atom stereocenters. The van der Waals surface area contributed by atoms with E-state index < -0.39 is 0 Å². The van der Waals surface area contributed by atoms with Gasteiger partial charge in [-0.1, -0.05) is 6.07 Å². The Labute approximate surface area is 184 Å². The minimum atomic E-state index is -0.278. The lowest BCUT2D eigenvalue weighted by Crippen LogP contribution is -2.18. The first-order valence-corrected chi connectivity index (χ1v) is 10.3. The first kappa shape index (κ1) is 19.7. The quantitative estimate of drug-likeness (QED) is 0.500. The molecular weight excluding hydrogens is 406 g/mol. The zero-order chi connectivity index (χ0) is 22.2. The number of anilines is 2. The molecule has 2 aromatic carbocycles. The maximum Gasteiger partial charge on any atom is 0.269 e. The number of aryl methyl sites for hydroxylation is 2. The van der Waals surface area contributed by atoms with Crippen molar-refractivity contribution in [3.63, 3.8) is 0 Å². The van der Waals surface area contributed by atoms with Crippen molar-refractivity contribution < 1.29 is 14.3 Å². The van der Waals surface area contributed by atoms with Crippen LogP contribution in [0.5, 0.6) is 11.5 Å². The number of carbonyl (C=O) groups excluding carboxylic acids is 2. The van der Waals surface area contributed by atoms with Gasteiger partial charge in [-0.05, 0) is 42.3 Å². The molecule has 0 fully saturated rings. The molecule has 8 nitrogen and oxygen atoms in total. The van der Waals surface area contributed by atoms with Crippen LogP contribution in [0.3, 0.4) is 0 Å². The van der Waals surface area contributed by atoms with Crippen LogP contribution in [-0.4, -0.2) is 33.3 Å². The minimum Gasteiger partial charge on any atom is -0.457 e. The third-order valence-electron chi connectivity index (χ3n) is 5.57. The Balaban J connectivity index is 1.41. The number of Topliss-reactive ketones (excluding diaryl/α,β-unsaturated/α-hetero) is 1. The summed E-state index contributed by atoms with van der Waals surface area (Å²) in [5.74, 6) is 1.67. The molecule has 1 aliphatic rings. The number of ketones is 1. The van der Waals surface area contributed by atoms with Crippen LogP contribution in [0.15, 0.2) is 54.7 Å². The van der Waals surface area contributed by atoms with Gasteiger partial charge in [-0.15, -0.1) is 0 Å². The molecule has 2 N–H and O–H groups in total. The predicted molar refractivity (Wildman–Crippen MR) is 121 cm³/mol. The van der Waals surface area contributed by atoms with Crippen LogP contribution >= 0.6 is 0 Å². The lowest BCUT2D eigenvalue weighted by atomic mass is 10.1. The highest BCUT2D eigenvalue weighted by Crippen LogP contribution is 2.30. The van der Waals surface area contributed by atoms with E-state index in [4.69, 9.17) is 9.72 Å². The number of imidazole rings is 1. The van der Waals surface area contributed by atoms with Gasteiger partial charge < -0.3 is 19.9 Å². The van der Waals surface area contributed by atoms with Crippen molar-refractivity contribution in [2.45, 2.75) is 12.8 Å². The largest absolute Gasteiger partial charge is 0.457 e. The van der Waals surface area contributed by atoms with E-state index in [1.807, 2.05) is 48.0 Å². The smallest absolute Gasteiger partial charge is 0.269 e. The molecule has 160 valence electrons. The van der Waals surface area contributed by atoms with Gasteiger partial charge >= 0.3 is 0 Å². The van der Waals surface area contributed by atoms with E-state index in [-0.39, 0.29) is 17.4 Å². The second-order valence-electron chi connectivity index (χ2n) is 7.62. The van der Waals surface area contributed by atoms with Crippen LogP contribution in [0.25, 0.3) is 11.0 Å². The fraction of sp³-hybridized carbons (Fsp3) is 0.167. The number of aromatic nitrogens is 3. The summed E-state index contributed by atoms with van der Waals surface area (Å²) in [5, 5.41) is 5.86. The summed E-state index contributed by atoms with van der Waals surface area (Å²) in [4.78, 5) is 32.6. The van der Waals surface area contributed by atoms with Gasteiger partial charge in [-0.3, -0.25) is 14.6 Å². The first-order valence-electron chi connectivity index (χ1n) is 10.3. The van der Waals surface area contributed by atoms with Crippen LogP contribution < -0.4 is 15.4 Å². The van der Waals surface area contributed by atoms with Crippen molar-refractivity contribution in [2.24, 2.45) is 7.05 Å². The van der Waals surface area contributed by atoms with Crippen LogP contribution in [0.2, 0.25) is 0 Å². The number of pyridine rings is 1. The molecule has 1 aliphatic carbocycles. The van der Waals surface area contributed by atoms with Gasteiger partial charge in [0.05, 0.1) is 11.0 Å². The molecule has 0 unspecified atom stereocenters. The molecule has 4 aromatic rings. The van der Waals surface area contributed by atoms with Gasteiger partial charge in [0.2, 0.25) is 5.95 Å². The van der Waals surface area contributed by atoms with E-state index >= 15 is 0 Å². The topological polar surface area (TPSA) is 98.1 Å². The number of hydrogen-bond acceptors (Lipinski definition) is 6. The van der Waals surface area contributed by atoms with Crippen LogP contribution in [0.1, 0.15) is 32.8 Å². The van der Waals surface area contributed by atoms with Gasteiger partial charge in [0, 0.05) is 50.1 Å². The monoisotopic (exact) mass is 427 g/mol. The Morgan fingerprint density at radius 3 is 2.75 bits per heavy atom. The first-order chi connectivity index (χ1) is 15.5. The maximum atomic E-state index is 12.1. The minimum absolute atomic E-state index is 0.186. The number of nitrogens with zero attached hydrogens (tertiary/aromatic N) is 3. The zero-order valence-electron chi connectivity index (χ0n) is 17.7. The second-order valence-corrected chi connectivity index (χ2v) is 7.62. The Kier molecular flexibility index (Phi) is 4.82. The van der Waals surface area contributed by atoms with Crippen molar-refractivity contribution in [1.82, 2.24) is 19.9 Å². The SMILES string of the molecule is CNC(=O)c1cc(Oc2ccc3c(c2)nc(Nc2ccc4c(c2)C(=O)CC4)n3C)ccn1. The van der Waals surface area contributed by atoms with Crippen LogP contribution in [-0.2, 0) is 13.5 Å². The van der Waals surface area contributed by atoms with Gasteiger partial charge in [0.25, 0.3) is 5.91 Å². The highest BCUT2D eigenvalue weighted by atomic mass is 16.5. The summed E-state index contributed by atoms with van der Waals surface area (Å²) >= 11 is 0. The molecule has 0 saturated heterocycles. The van der Waals surface area contributed by atoms with Crippen molar-refractivity contribution in [3.8, 4) is 11.5 Å². The Hall–Kier alpha value is -4.20. The standard InChI is InChI=1S/C24H21N5O3/c1-25-23(31)20-13-17(9-10-26-20)32-16-6-7-21-19(12-16)28-24(29(21)2)27-15-5-3-14-4-8-22(30)18(14)11-15/h3,5-7,9-13H,4,8H2,1-2H3,(H,25,31)(H,27,28). The summed E-state index contributed by atoms with van der Waals surface area (Å²) in [5.41, 5.74) is 4.68. The predicted octanol–water partition coefficient (Wildman–Crippen LogP) is 3.99. The van der Waals surface area contributed by atoms with E-state index in [0.717, 1.165) is 34.3 Å². The number of nitrogens with one attached hydrogen (secondary N) is 2. The van der Waals surface area contributed by atoms with E-state index in [1.165, 1.54) is 6.20 Å². The average molecular weight is 427 g/mol. The molecule has 0 bridgehead atoms. The van der Waals surface area contributed by atoms with Gasteiger partial charge in [0.15, 0.2) is 5.78 Å². The van der Waals surface area contributed by atoms with Crippen molar-refractivity contribution in [2.75, 3.05) is 12.4 Å². The van der Waals surface area contributed by atoms with E-state index in [0.29, 0.717) is 23.9 Å². The number of benzene rings is 2. The number of ether oxygens (including phenoxy) is 1. The summed E-state index contributed by atoms with van der Waals surface area (Å²) in [6.07, 6.45) is 2.92. The van der Waals surface area contributed by atoms with Crippen LogP contribution in [0.4, 0.5) is 11.6 Å². The molecule has 0 saturated carbocycles. The highest BCUT2D eigenvalue weighted by molar-refractivity contribution is 6.01. The average Bonchev–Trinajstić information content (AvgIpc) is 3.32. The molecule has 0 radical (unpaired) electrons. The number of hydrogen-bond donors (Lipinski definition) is 2. The van der Waals surface area contributed by atoms with Crippen molar-refractivity contribution in [1.29, 1.82) is 0 Å². The molecule has 5 rings (SSSR count). The van der Waals surface area contributed by atoms with E-state index in [2.05, 4.69) is 15.6 Å². The third kappa shape index (κ3) is 3.56. The number of amides is 1. The van der Waals surface area contributed by atoms with Gasteiger partial charge in [-0.25, -0.2) is 4.98 Å². The Bertz CT molecular complexity index is 1380. The lowest BCUT2D eigenvalue weighted by Gasteiger charge is -2.08. The lowest BCUT2D eigenvalue weighted by molar-refractivity contribution is 0.0956. The summed E-state index contributed by atoms with van der Waals surface area (Å²) < 4.78 is 7.87.